The third-order valence-corrected chi connectivity index (χ3v) is 3.93. The van der Waals surface area contributed by atoms with Gasteiger partial charge in [-0.1, -0.05) is 42.1 Å². The maximum Gasteiger partial charge on any atom is 0.219 e. The van der Waals surface area contributed by atoms with Gasteiger partial charge < -0.3 is 9.84 Å². The second kappa shape index (κ2) is 5.71. The van der Waals surface area contributed by atoms with Gasteiger partial charge in [-0.3, -0.25) is 4.79 Å². The van der Waals surface area contributed by atoms with Crippen LogP contribution in [0.1, 0.15) is 16.8 Å². The number of thioether (sulfide) groups is 1. The average Bonchev–Trinajstić information content (AvgIpc) is 2.70. The highest BCUT2D eigenvalue weighted by Crippen LogP contribution is 2.31. The normalized spacial score (nSPS) is 28.2. The third kappa shape index (κ3) is 3.12. The Labute approximate surface area is 106 Å². The summed E-state index contributed by atoms with van der Waals surface area (Å²) in [5.41, 5.74) is 0.662. The van der Waals surface area contributed by atoms with Crippen LogP contribution in [-0.4, -0.2) is 42.0 Å². The molecule has 3 atom stereocenters. The van der Waals surface area contributed by atoms with E-state index in [0.717, 1.165) is 0 Å². The molecule has 1 heterocycles. The molecule has 3 nitrogen and oxygen atoms in total. The minimum absolute atomic E-state index is 0.00764. The van der Waals surface area contributed by atoms with E-state index in [1.54, 1.807) is 12.1 Å². The number of rotatable bonds is 3. The van der Waals surface area contributed by atoms with E-state index in [4.69, 9.17) is 17.7 Å². The van der Waals surface area contributed by atoms with Crippen molar-refractivity contribution in [3.63, 3.8) is 0 Å². The van der Waals surface area contributed by atoms with Gasteiger partial charge in [0.05, 0.1) is 12.7 Å². The molecule has 0 aliphatic carbocycles. The molecule has 0 unspecified atom stereocenters. The maximum absolute atomic E-state index is 12.0. The fraction of sp³-hybridized carbons (Fsp3) is 0.417. The molecule has 1 saturated heterocycles. The maximum atomic E-state index is 12.0. The Morgan fingerprint density at radius 1 is 1.47 bits per heavy atom. The summed E-state index contributed by atoms with van der Waals surface area (Å²) in [7, 11) is 5.65. The van der Waals surface area contributed by atoms with Gasteiger partial charge in [-0.2, -0.15) is 0 Å². The standard InChI is InChI=1S/C12H13BO3S/c13-11-6-10(9(7-14)16-11)17-12(15)8-4-2-1-3-5-8/h1-5,9-11,14H,6-7H2/t9-,10-,11-/m1/s1. The topological polar surface area (TPSA) is 46.5 Å². The van der Waals surface area contributed by atoms with Crippen molar-refractivity contribution in [2.45, 2.75) is 23.8 Å². The Morgan fingerprint density at radius 2 is 2.18 bits per heavy atom. The Hall–Kier alpha value is -0.775. The molecule has 1 N–H and O–H groups in total. The van der Waals surface area contributed by atoms with Crippen molar-refractivity contribution in [2.75, 3.05) is 6.61 Å². The molecular formula is C12H13BO3S. The summed E-state index contributed by atoms with van der Waals surface area (Å²) in [6.45, 7) is -0.104. The van der Waals surface area contributed by atoms with Crippen LogP contribution in [0, 0.1) is 0 Å². The van der Waals surface area contributed by atoms with Crippen LogP contribution >= 0.6 is 11.8 Å². The van der Waals surface area contributed by atoms with Crippen molar-refractivity contribution >= 4 is 24.7 Å². The highest BCUT2D eigenvalue weighted by atomic mass is 32.2. The third-order valence-electron chi connectivity index (χ3n) is 2.68. The SMILES string of the molecule is [B][C@H]1C[C@@H](SC(=O)c2ccccc2)[C@@H](CO)O1. The zero-order valence-corrected chi connectivity index (χ0v) is 10.1. The molecule has 1 aliphatic rings. The van der Waals surface area contributed by atoms with E-state index in [9.17, 15) is 4.79 Å². The van der Waals surface area contributed by atoms with E-state index in [0.29, 0.717) is 12.0 Å². The molecule has 1 aliphatic heterocycles. The van der Waals surface area contributed by atoms with E-state index in [1.165, 1.54) is 11.8 Å². The van der Waals surface area contributed by atoms with Gasteiger partial charge in [-0.25, -0.2) is 0 Å². The van der Waals surface area contributed by atoms with E-state index >= 15 is 0 Å². The largest absolute Gasteiger partial charge is 0.394 e. The van der Waals surface area contributed by atoms with Crippen LogP contribution in [0.25, 0.3) is 0 Å². The Kier molecular flexibility index (Phi) is 4.26. The number of hydrogen-bond donors (Lipinski definition) is 1. The zero-order valence-electron chi connectivity index (χ0n) is 9.28. The average molecular weight is 248 g/mol. The monoisotopic (exact) mass is 248 g/mol. The number of benzene rings is 1. The Balaban J connectivity index is 1.99. The molecule has 0 bridgehead atoms. The van der Waals surface area contributed by atoms with Gasteiger partial charge in [0.2, 0.25) is 5.12 Å². The van der Waals surface area contributed by atoms with Crippen LogP contribution in [0.5, 0.6) is 0 Å². The first-order chi connectivity index (χ1) is 8.20. The highest BCUT2D eigenvalue weighted by molar-refractivity contribution is 8.14. The second-order valence-electron chi connectivity index (χ2n) is 3.94. The van der Waals surface area contributed by atoms with Gasteiger partial charge in [0.1, 0.15) is 7.85 Å². The molecule has 0 saturated carbocycles. The molecule has 0 aromatic heterocycles. The van der Waals surface area contributed by atoms with Gasteiger partial charge in [0, 0.05) is 16.8 Å². The van der Waals surface area contributed by atoms with Crippen LogP contribution in [0.15, 0.2) is 30.3 Å². The van der Waals surface area contributed by atoms with Crippen molar-refractivity contribution in [1.82, 2.24) is 0 Å². The lowest BCUT2D eigenvalue weighted by atomic mass is 9.97. The van der Waals surface area contributed by atoms with Crippen LogP contribution in [0.2, 0.25) is 0 Å². The van der Waals surface area contributed by atoms with Crippen molar-refractivity contribution in [3.05, 3.63) is 35.9 Å². The molecule has 2 radical (unpaired) electrons. The first kappa shape index (κ1) is 12.7. The molecule has 1 fully saturated rings. The van der Waals surface area contributed by atoms with Gasteiger partial charge in [0.25, 0.3) is 0 Å². The molecular weight excluding hydrogens is 235 g/mol. The number of hydrogen-bond acceptors (Lipinski definition) is 4. The number of carbonyl (C=O) groups is 1. The van der Waals surface area contributed by atoms with Crippen molar-refractivity contribution in [1.29, 1.82) is 0 Å². The summed E-state index contributed by atoms with van der Waals surface area (Å²) in [6.07, 6.45) is 0.247. The van der Waals surface area contributed by atoms with Gasteiger partial charge in [-0.05, 0) is 6.42 Å². The molecule has 17 heavy (non-hydrogen) atoms. The molecule has 1 aromatic rings. The fourth-order valence-corrected chi connectivity index (χ4v) is 2.95. The van der Waals surface area contributed by atoms with Crippen LogP contribution in [0.3, 0.4) is 0 Å². The molecule has 1 aromatic carbocycles. The van der Waals surface area contributed by atoms with Gasteiger partial charge in [-0.15, -0.1) is 0 Å². The molecule has 0 spiro atoms. The minimum atomic E-state index is -0.381. The lowest BCUT2D eigenvalue weighted by Gasteiger charge is -2.14. The van der Waals surface area contributed by atoms with Crippen LogP contribution in [0.4, 0.5) is 0 Å². The number of aliphatic hydroxyl groups excluding tert-OH is 1. The van der Waals surface area contributed by atoms with Crippen molar-refractivity contribution < 1.29 is 14.6 Å². The smallest absolute Gasteiger partial charge is 0.219 e. The summed E-state index contributed by atoms with van der Waals surface area (Å²) in [4.78, 5) is 12.0. The molecule has 2 rings (SSSR count). The fourth-order valence-electron chi connectivity index (χ4n) is 1.81. The van der Waals surface area contributed by atoms with Crippen LogP contribution < -0.4 is 0 Å². The van der Waals surface area contributed by atoms with E-state index < -0.39 is 0 Å². The molecule has 88 valence electrons. The number of ether oxygens (including phenoxy) is 1. The van der Waals surface area contributed by atoms with Crippen molar-refractivity contribution in [2.24, 2.45) is 0 Å². The van der Waals surface area contributed by atoms with Crippen LogP contribution in [-0.2, 0) is 4.74 Å². The highest BCUT2D eigenvalue weighted by Gasteiger charge is 2.34. The lowest BCUT2D eigenvalue weighted by Crippen LogP contribution is -2.24. The van der Waals surface area contributed by atoms with Gasteiger partial charge in [0.15, 0.2) is 0 Å². The summed E-state index contributed by atoms with van der Waals surface area (Å²) in [5.74, 6) is 0. The summed E-state index contributed by atoms with van der Waals surface area (Å²) in [5, 5.41) is 9.06. The minimum Gasteiger partial charge on any atom is -0.394 e. The predicted molar refractivity (Wildman–Crippen MR) is 68.3 cm³/mol. The number of carbonyl (C=O) groups excluding carboxylic acids is 1. The van der Waals surface area contributed by atoms with E-state index in [2.05, 4.69) is 0 Å². The Bertz CT molecular complexity index is 385. The second-order valence-corrected chi connectivity index (χ2v) is 5.15. The zero-order chi connectivity index (χ0) is 12.3. The van der Waals surface area contributed by atoms with E-state index in [1.807, 2.05) is 18.2 Å². The summed E-state index contributed by atoms with van der Waals surface area (Å²) in [6, 6.07) is 8.70. The van der Waals surface area contributed by atoms with Gasteiger partial charge >= 0.3 is 0 Å². The molecule has 5 heteroatoms. The Morgan fingerprint density at radius 3 is 2.82 bits per heavy atom. The van der Waals surface area contributed by atoms with E-state index in [-0.39, 0.29) is 29.1 Å². The number of aliphatic hydroxyl groups is 1. The summed E-state index contributed by atoms with van der Waals surface area (Å²) < 4.78 is 5.31. The molecule has 0 amide bonds. The predicted octanol–water partition coefficient (Wildman–Crippen LogP) is 1.20. The first-order valence-electron chi connectivity index (χ1n) is 5.48. The van der Waals surface area contributed by atoms with Crippen molar-refractivity contribution in [3.8, 4) is 0 Å². The summed E-state index contributed by atoms with van der Waals surface area (Å²) >= 11 is 1.19. The first-order valence-corrected chi connectivity index (χ1v) is 6.36. The quantitative estimate of drug-likeness (QED) is 0.816. The lowest BCUT2D eigenvalue weighted by molar-refractivity contribution is 0.0449.